The average Bonchev–Trinajstić information content (AvgIpc) is 3.14. The van der Waals surface area contributed by atoms with Gasteiger partial charge in [-0.2, -0.15) is 0 Å². The Morgan fingerprint density at radius 2 is 1.82 bits per heavy atom. The molecule has 0 spiro atoms. The van der Waals surface area contributed by atoms with Crippen molar-refractivity contribution >= 4 is 5.69 Å². The minimum atomic E-state index is 0.622. The van der Waals surface area contributed by atoms with Gasteiger partial charge in [-0.3, -0.25) is 0 Å². The third-order valence-corrected chi connectivity index (χ3v) is 2.97. The number of ether oxygens (including phenoxy) is 2. The first-order valence-electron chi connectivity index (χ1n) is 6.45. The molecular formula is C14H21NO2. The van der Waals surface area contributed by atoms with E-state index < -0.39 is 0 Å². The Labute approximate surface area is 103 Å². The summed E-state index contributed by atoms with van der Waals surface area (Å²) in [5.41, 5.74) is 6.63. The van der Waals surface area contributed by atoms with Crippen LogP contribution in [0.5, 0.6) is 11.5 Å². The predicted molar refractivity (Wildman–Crippen MR) is 69.5 cm³/mol. The van der Waals surface area contributed by atoms with E-state index in [4.69, 9.17) is 15.2 Å². The molecule has 0 bridgehead atoms. The van der Waals surface area contributed by atoms with Gasteiger partial charge >= 0.3 is 0 Å². The molecule has 1 aliphatic carbocycles. The van der Waals surface area contributed by atoms with Crippen LogP contribution >= 0.6 is 0 Å². The van der Waals surface area contributed by atoms with Crippen LogP contribution in [-0.2, 0) is 0 Å². The topological polar surface area (TPSA) is 44.5 Å². The summed E-state index contributed by atoms with van der Waals surface area (Å²) in [6.45, 7) is 3.52. The first-order chi connectivity index (χ1) is 8.31. The van der Waals surface area contributed by atoms with Gasteiger partial charge in [0.15, 0.2) is 0 Å². The molecule has 94 valence electrons. The number of nitrogen functional groups attached to an aromatic ring is 1. The van der Waals surface area contributed by atoms with Crippen molar-refractivity contribution in [2.75, 3.05) is 18.9 Å². The Balaban J connectivity index is 1.90. The Bertz CT molecular complexity index is 361. The number of rotatable bonds is 7. The minimum Gasteiger partial charge on any atom is -0.491 e. The van der Waals surface area contributed by atoms with Gasteiger partial charge < -0.3 is 15.2 Å². The van der Waals surface area contributed by atoms with Crippen LogP contribution in [0.2, 0.25) is 0 Å². The number of para-hydroxylation sites is 1. The standard InChI is InChI=1S/C14H21NO2/c1-2-9-16-12-4-3-5-13(14(12)15)17-10-8-11-6-7-11/h3-5,11H,2,6-10,15H2,1H3. The Kier molecular flexibility index (Phi) is 4.13. The van der Waals surface area contributed by atoms with Gasteiger partial charge in [-0.25, -0.2) is 0 Å². The molecule has 1 saturated carbocycles. The molecule has 3 nitrogen and oxygen atoms in total. The summed E-state index contributed by atoms with van der Waals surface area (Å²) >= 11 is 0. The van der Waals surface area contributed by atoms with Gasteiger partial charge in [-0.1, -0.05) is 25.8 Å². The maximum Gasteiger partial charge on any atom is 0.146 e. The first kappa shape index (κ1) is 12.1. The van der Waals surface area contributed by atoms with Gasteiger partial charge in [-0.05, 0) is 30.9 Å². The smallest absolute Gasteiger partial charge is 0.146 e. The molecule has 2 N–H and O–H groups in total. The zero-order valence-corrected chi connectivity index (χ0v) is 10.4. The summed E-state index contributed by atoms with van der Waals surface area (Å²) in [4.78, 5) is 0. The van der Waals surface area contributed by atoms with E-state index in [-0.39, 0.29) is 0 Å². The van der Waals surface area contributed by atoms with E-state index in [1.54, 1.807) is 0 Å². The Morgan fingerprint density at radius 1 is 1.18 bits per heavy atom. The molecule has 17 heavy (non-hydrogen) atoms. The Hall–Kier alpha value is -1.38. The second-order valence-corrected chi connectivity index (χ2v) is 4.60. The monoisotopic (exact) mass is 235 g/mol. The molecule has 1 aromatic rings. The number of benzene rings is 1. The van der Waals surface area contributed by atoms with Crippen molar-refractivity contribution in [3.05, 3.63) is 18.2 Å². The molecular weight excluding hydrogens is 214 g/mol. The van der Waals surface area contributed by atoms with Gasteiger partial charge in [0.2, 0.25) is 0 Å². The van der Waals surface area contributed by atoms with Crippen molar-refractivity contribution in [1.29, 1.82) is 0 Å². The minimum absolute atomic E-state index is 0.622. The summed E-state index contributed by atoms with van der Waals surface area (Å²) < 4.78 is 11.3. The van der Waals surface area contributed by atoms with Crippen LogP contribution < -0.4 is 15.2 Å². The maximum absolute atomic E-state index is 6.01. The van der Waals surface area contributed by atoms with Crippen LogP contribution in [0.1, 0.15) is 32.6 Å². The van der Waals surface area contributed by atoms with Crippen molar-refractivity contribution < 1.29 is 9.47 Å². The summed E-state index contributed by atoms with van der Waals surface area (Å²) in [7, 11) is 0. The lowest BCUT2D eigenvalue weighted by Gasteiger charge is -2.12. The highest BCUT2D eigenvalue weighted by Crippen LogP contribution is 2.34. The molecule has 1 aliphatic rings. The van der Waals surface area contributed by atoms with E-state index in [0.717, 1.165) is 36.9 Å². The third kappa shape index (κ3) is 3.55. The fourth-order valence-corrected chi connectivity index (χ4v) is 1.73. The van der Waals surface area contributed by atoms with Gasteiger partial charge in [0, 0.05) is 0 Å². The number of anilines is 1. The molecule has 0 radical (unpaired) electrons. The number of hydrogen-bond acceptors (Lipinski definition) is 3. The summed E-state index contributed by atoms with van der Waals surface area (Å²) in [6, 6.07) is 5.72. The highest BCUT2D eigenvalue weighted by molar-refractivity contribution is 5.62. The highest BCUT2D eigenvalue weighted by atomic mass is 16.5. The fraction of sp³-hybridized carbons (Fsp3) is 0.571. The van der Waals surface area contributed by atoms with E-state index in [1.807, 2.05) is 18.2 Å². The zero-order valence-electron chi connectivity index (χ0n) is 10.4. The maximum atomic E-state index is 6.01. The molecule has 1 fully saturated rings. The zero-order chi connectivity index (χ0) is 12.1. The van der Waals surface area contributed by atoms with Crippen LogP contribution in [-0.4, -0.2) is 13.2 Å². The van der Waals surface area contributed by atoms with Gasteiger partial charge in [0.1, 0.15) is 17.2 Å². The molecule has 3 heteroatoms. The molecule has 0 heterocycles. The van der Waals surface area contributed by atoms with Crippen LogP contribution in [0.4, 0.5) is 5.69 Å². The third-order valence-electron chi connectivity index (χ3n) is 2.97. The van der Waals surface area contributed by atoms with E-state index in [1.165, 1.54) is 12.8 Å². The van der Waals surface area contributed by atoms with Crippen LogP contribution in [0.25, 0.3) is 0 Å². The SMILES string of the molecule is CCCOc1cccc(OCCC2CC2)c1N. The molecule has 2 rings (SSSR count). The fourth-order valence-electron chi connectivity index (χ4n) is 1.73. The van der Waals surface area contributed by atoms with E-state index in [0.29, 0.717) is 12.3 Å². The number of nitrogens with two attached hydrogens (primary N) is 1. The van der Waals surface area contributed by atoms with Crippen molar-refractivity contribution in [2.24, 2.45) is 5.92 Å². The quantitative estimate of drug-likeness (QED) is 0.738. The molecule has 0 unspecified atom stereocenters. The summed E-state index contributed by atoms with van der Waals surface area (Å²) in [6.07, 6.45) is 4.84. The van der Waals surface area contributed by atoms with Gasteiger partial charge in [-0.15, -0.1) is 0 Å². The Morgan fingerprint density at radius 3 is 2.41 bits per heavy atom. The lowest BCUT2D eigenvalue weighted by Crippen LogP contribution is -2.04. The highest BCUT2D eigenvalue weighted by Gasteiger charge is 2.20. The molecule has 0 saturated heterocycles. The van der Waals surface area contributed by atoms with E-state index in [2.05, 4.69) is 6.92 Å². The van der Waals surface area contributed by atoms with Gasteiger partial charge in [0.05, 0.1) is 13.2 Å². The summed E-state index contributed by atoms with van der Waals surface area (Å²) in [5, 5.41) is 0. The second kappa shape index (κ2) is 5.80. The number of hydrogen-bond donors (Lipinski definition) is 1. The molecule has 0 aromatic heterocycles. The van der Waals surface area contributed by atoms with Crippen LogP contribution in [0.15, 0.2) is 18.2 Å². The van der Waals surface area contributed by atoms with Crippen molar-refractivity contribution in [3.63, 3.8) is 0 Å². The predicted octanol–water partition coefficient (Wildman–Crippen LogP) is 3.24. The normalized spacial score (nSPS) is 14.6. The van der Waals surface area contributed by atoms with Crippen molar-refractivity contribution in [2.45, 2.75) is 32.6 Å². The molecule has 0 amide bonds. The van der Waals surface area contributed by atoms with Crippen molar-refractivity contribution in [1.82, 2.24) is 0 Å². The largest absolute Gasteiger partial charge is 0.491 e. The molecule has 0 aliphatic heterocycles. The van der Waals surface area contributed by atoms with Crippen LogP contribution in [0.3, 0.4) is 0 Å². The lowest BCUT2D eigenvalue weighted by atomic mass is 10.2. The average molecular weight is 235 g/mol. The summed E-state index contributed by atoms with van der Waals surface area (Å²) in [5.74, 6) is 2.37. The first-order valence-corrected chi connectivity index (χ1v) is 6.45. The van der Waals surface area contributed by atoms with Crippen LogP contribution in [0, 0.1) is 5.92 Å². The molecule has 1 aromatic carbocycles. The van der Waals surface area contributed by atoms with E-state index >= 15 is 0 Å². The molecule has 0 atom stereocenters. The second-order valence-electron chi connectivity index (χ2n) is 4.60. The van der Waals surface area contributed by atoms with Gasteiger partial charge in [0.25, 0.3) is 0 Å². The lowest BCUT2D eigenvalue weighted by molar-refractivity contribution is 0.296. The van der Waals surface area contributed by atoms with Crippen molar-refractivity contribution in [3.8, 4) is 11.5 Å². The van der Waals surface area contributed by atoms with E-state index in [9.17, 15) is 0 Å².